The van der Waals surface area contributed by atoms with Gasteiger partial charge in [0.2, 0.25) is 70.9 Å². The number of guanidine groups is 1. The summed E-state index contributed by atoms with van der Waals surface area (Å²) in [6.07, 6.45) is 6.48. The van der Waals surface area contributed by atoms with Crippen molar-refractivity contribution in [3.05, 3.63) is 71.9 Å². The van der Waals surface area contributed by atoms with Gasteiger partial charge in [-0.25, -0.2) is 4.79 Å². The number of para-hydroxylation sites is 1. The molecule has 0 spiro atoms. The fourth-order valence-corrected chi connectivity index (χ4v) is 13.9. The highest BCUT2D eigenvalue weighted by Crippen LogP contribution is 2.24. The normalized spacial score (nSPS) is 15.6. The zero-order valence-corrected chi connectivity index (χ0v) is 69.2. The van der Waals surface area contributed by atoms with Crippen LogP contribution in [-0.4, -0.2) is 216 Å². The van der Waals surface area contributed by atoms with Gasteiger partial charge in [0.25, 0.3) is 0 Å². The molecule has 1 aliphatic rings. The van der Waals surface area contributed by atoms with Crippen LogP contribution in [0.1, 0.15) is 195 Å². The van der Waals surface area contributed by atoms with Crippen LogP contribution in [0.3, 0.4) is 0 Å². The third kappa shape index (κ3) is 35.3. The molecule has 0 aliphatic carbocycles. The topological polar surface area (TPSA) is 585 Å². The van der Waals surface area contributed by atoms with E-state index in [1.54, 1.807) is 36.5 Å². The molecule has 1 aliphatic heterocycles. The van der Waals surface area contributed by atoms with Gasteiger partial charge in [0.15, 0.2) is 5.96 Å². The molecule has 35 nitrogen and oxygen atoms in total. The standard InChI is InChI=1S/C81H135N21O14/c1-48(2)40-61(73(108)93-58(30-16-20-36-84)71(106)100-65(45-53-47-90-55-27-13-12-26-54(53)55)77(112)98-62(41-49(3)4)74(109)92-57(29-15-19-35-83)70(105)95-60(80(115)116)31-17-21-37-85)97-75(110)63(42-50(5)6)96-72(107)59(32-22-38-89-81(87)88)94-78(113)67-33-23-39-102(67)79(114)66(43-51(7)8)101-76(111)64(44-52-24-10-9-11-25-52)99-69(104)56(28-14-18-34-82)91-68(103)46-86/h9-13,24-27,47-51,56-67,90H,14-23,28-46,82-86H2,1-8H3,(H,91,103)(H,92,109)(H,93,108)(H,94,113)(H,95,105)(H,96,107)(H,97,110)(H,98,112)(H,99,104)(H,100,106)(H,101,111)(H,115,116)(H4,87,88,89)/t56-,57-,58-,59-,60-,61-,62-,63-,64-,65-,66-,67-/m0/s1. The van der Waals surface area contributed by atoms with E-state index < -0.39 is 149 Å². The highest BCUT2D eigenvalue weighted by atomic mass is 16.4. The van der Waals surface area contributed by atoms with Crippen LogP contribution in [0.25, 0.3) is 10.9 Å². The minimum atomic E-state index is -1.41. The smallest absolute Gasteiger partial charge is 0.326 e. The Balaban J connectivity index is 1.65. The largest absolute Gasteiger partial charge is 0.480 e. The van der Waals surface area contributed by atoms with Crippen molar-refractivity contribution in [1.82, 2.24) is 73.7 Å². The van der Waals surface area contributed by atoms with E-state index in [0.717, 1.165) is 10.9 Å². The third-order valence-electron chi connectivity index (χ3n) is 20.0. The predicted molar refractivity (Wildman–Crippen MR) is 443 cm³/mol. The molecule has 116 heavy (non-hydrogen) atoms. The number of aromatic amines is 1. The zero-order valence-electron chi connectivity index (χ0n) is 69.2. The van der Waals surface area contributed by atoms with Crippen LogP contribution in [0, 0.1) is 29.1 Å². The van der Waals surface area contributed by atoms with Crippen molar-refractivity contribution >= 4 is 93.7 Å². The number of nitrogens with one attached hydrogen (secondary N) is 14. The van der Waals surface area contributed by atoms with Gasteiger partial charge in [0.05, 0.1) is 6.54 Å². The number of hydrogen-bond donors (Lipinski definition) is 21. The number of amides is 12. The number of unbranched alkanes of at least 4 members (excludes halogenated alkanes) is 4. The maximum absolute atomic E-state index is 15.1. The van der Waals surface area contributed by atoms with Gasteiger partial charge in [-0.1, -0.05) is 104 Å². The Morgan fingerprint density at radius 3 is 1.24 bits per heavy atom. The van der Waals surface area contributed by atoms with E-state index in [2.05, 4.69) is 68.8 Å². The Labute approximate surface area is 682 Å². The highest BCUT2D eigenvalue weighted by molar-refractivity contribution is 6.00. The molecule has 0 bridgehead atoms. The lowest BCUT2D eigenvalue weighted by molar-refractivity contribution is -0.143. The van der Waals surface area contributed by atoms with E-state index in [1.165, 1.54) is 4.90 Å². The Bertz CT molecular complexity index is 3640. The summed E-state index contributed by atoms with van der Waals surface area (Å²) in [5.74, 6) is -11.2. The van der Waals surface area contributed by atoms with Crippen LogP contribution in [0.2, 0.25) is 0 Å². The molecular weight excluding hydrogens is 1490 g/mol. The monoisotopic (exact) mass is 1630 g/mol. The number of carbonyl (C=O) groups is 13. The van der Waals surface area contributed by atoms with E-state index in [0.29, 0.717) is 82.0 Å². The average Bonchev–Trinajstić information content (AvgIpc) is 1.65. The molecule has 27 N–H and O–H groups in total. The first kappa shape index (κ1) is 98.5. The van der Waals surface area contributed by atoms with E-state index in [9.17, 15) is 57.8 Å². The maximum Gasteiger partial charge on any atom is 0.326 e. The van der Waals surface area contributed by atoms with Gasteiger partial charge in [-0.3, -0.25) is 62.9 Å². The minimum Gasteiger partial charge on any atom is -0.480 e. The van der Waals surface area contributed by atoms with Crippen LogP contribution in [0.4, 0.5) is 0 Å². The first-order chi connectivity index (χ1) is 55.2. The molecule has 0 radical (unpaired) electrons. The molecule has 3 aromatic rings. The van der Waals surface area contributed by atoms with Crippen molar-refractivity contribution in [2.45, 2.75) is 269 Å². The second-order valence-electron chi connectivity index (χ2n) is 31.9. The highest BCUT2D eigenvalue weighted by Gasteiger charge is 2.42. The van der Waals surface area contributed by atoms with E-state index in [-0.39, 0.29) is 146 Å². The molecule has 4 rings (SSSR count). The van der Waals surface area contributed by atoms with Gasteiger partial charge in [-0.05, 0) is 195 Å². The van der Waals surface area contributed by atoms with Crippen molar-refractivity contribution in [3.63, 3.8) is 0 Å². The number of carboxylic acids is 1. The summed E-state index contributed by atoms with van der Waals surface area (Å²) in [6, 6.07) is 0.969. The van der Waals surface area contributed by atoms with E-state index in [4.69, 9.17) is 39.8 Å². The lowest BCUT2D eigenvalue weighted by atomic mass is 9.98. The molecule has 0 unspecified atom stereocenters. The molecule has 648 valence electrons. The number of carboxylic acid groups (broad SMARTS) is 1. The van der Waals surface area contributed by atoms with Crippen LogP contribution in [0.5, 0.6) is 0 Å². The third-order valence-corrected chi connectivity index (χ3v) is 20.0. The number of rotatable bonds is 56. The lowest BCUT2D eigenvalue weighted by Crippen LogP contribution is -2.61. The van der Waals surface area contributed by atoms with Crippen LogP contribution in [0.15, 0.2) is 60.8 Å². The number of H-pyrrole nitrogens is 1. The van der Waals surface area contributed by atoms with Crippen LogP contribution >= 0.6 is 0 Å². The van der Waals surface area contributed by atoms with Gasteiger partial charge < -0.3 is 113 Å². The number of fused-ring (bicyclic) bond motifs is 1. The summed E-state index contributed by atoms with van der Waals surface area (Å²) in [7, 11) is 0. The minimum absolute atomic E-state index is 0.00272. The molecule has 12 amide bonds. The average molecular weight is 1630 g/mol. The molecule has 1 aromatic heterocycles. The molecule has 1 fully saturated rings. The Morgan fingerprint density at radius 2 is 0.802 bits per heavy atom. The van der Waals surface area contributed by atoms with Crippen LogP contribution < -0.4 is 98.2 Å². The fourth-order valence-electron chi connectivity index (χ4n) is 13.9. The summed E-state index contributed by atoms with van der Waals surface area (Å²) in [6.45, 7) is 15.6. The fraction of sp³-hybridized carbons (Fsp3) is 0.654. The number of likely N-dealkylation sites (tertiary alicyclic amines) is 1. The molecule has 2 heterocycles. The van der Waals surface area contributed by atoms with Crippen molar-refractivity contribution in [3.8, 4) is 0 Å². The first-order valence-electron chi connectivity index (χ1n) is 41.3. The number of carbonyl (C=O) groups excluding carboxylic acids is 12. The molecule has 0 saturated carbocycles. The SMILES string of the molecule is CC(C)C[C@H](NC(=O)[C@H](Cc1c[nH]c2ccccc12)NC(=O)[C@H](CCCCN)NC(=O)[C@H](CC(C)C)NC(=O)[C@H](CC(C)C)NC(=O)[C@H](CCCNC(=N)N)NC(=O)[C@@H]1CCCN1C(=O)[C@H](CC(C)C)NC(=O)[C@H](Cc1ccccc1)NC(=O)[C@H](CCCCN)NC(=O)CN)C(=O)N[C@@H](CCCCN)C(=O)N[C@@H](CCCCN)C(=O)O. The number of aromatic nitrogens is 1. The second-order valence-corrected chi connectivity index (χ2v) is 31.9. The van der Waals surface area contributed by atoms with Crippen molar-refractivity contribution in [2.75, 3.05) is 45.8 Å². The lowest BCUT2D eigenvalue weighted by Gasteiger charge is -2.32. The van der Waals surface area contributed by atoms with Gasteiger partial charge in [-0.2, -0.15) is 0 Å². The summed E-state index contributed by atoms with van der Waals surface area (Å²) < 4.78 is 0. The molecule has 2 aromatic carbocycles. The van der Waals surface area contributed by atoms with Gasteiger partial charge in [0, 0.05) is 43.0 Å². The number of nitrogens with two attached hydrogens (primary N) is 6. The summed E-state index contributed by atoms with van der Waals surface area (Å²) in [5.41, 5.74) is 36.4. The first-order valence-corrected chi connectivity index (χ1v) is 41.3. The number of benzene rings is 2. The van der Waals surface area contributed by atoms with Crippen molar-refractivity contribution < 1.29 is 67.4 Å². The van der Waals surface area contributed by atoms with Gasteiger partial charge in [-0.15, -0.1) is 0 Å². The Morgan fingerprint density at radius 1 is 0.440 bits per heavy atom. The van der Waals surface area contributed by atoms with Crippen molar-refractivity contribution in [2.24, 2.45) is 58.1 Å². The van der Waals surface area contributed by atoms with Crippen LogP contribution in [-0.2, 0) is 75.2 Å². The number of nitrogens with zero attached hydrogens (tertiary/aromatic N) is 1. The predicted octanol–water partition coefficient (Wildman–Crippen LogP) is 0.284. The quantitative estimate of drug-likeness (QED) is 0.0205. The van der Waals surface area contributed by atoms with Gasteiger partial charge >= 0.3 is 5.97 Å². The molecule has 35 heteroatoms. The zero-order chi connectivity index (χ0) is 86.0. The molecule has 1 saturated heterocycles. The van der Waals surface area contributed by atoms with Crippen molar-refractivity contribution in [1.29, 1.82) is 5.41 Å². The van der Waals surface area contributed by atoms with E-state index >= 15 is 9.59 Å². The Kier molecular flexibility index (Phi) is 44.7. The molecule has 12 atom stereocenters. The number of aliphatic carboxylic acids is 1. The maximum atomic E-state index is 15.1. The van der Waals surface area contributed by atoms with Gasteiger partial charge in [0.1, 0.15) is 72.5 Å². The number of hydrogen-bond acceptors (Lipinski definition) is 19. The Hall–Kier alpha value is -9.84. The second kappa shape index (κ2) is 52.7. The summed E-state index contributed by atoms with van der Waals surface area (Å²) in [4.78, 5) is 191. The van der Waals surface area contributed by atoms with E-state index in [1.807, 2.05) is 79.7 Å². The summed E-state index contributed by atoms with van der Waals surface area (Å²) >= 11 is 0. The summed E-state index contributed by atoms with van der Waals surface area (Å²) in [5, 5.41) is 51.9. The molecular formula is C81H135N21O14.